The van der Waals surface area contributed by atoms with Crippen molar-refractivity contribution in [2.45, 2.75) is 51.8 Å². The summed E-state index contributed by atoms with van der Waals surface area (Å²) in [5, 5.41) is 18.4. The van der Waals surface area contributed by atoms with Gasteiger partial charge in [0.25, 0.3) is 11.8 Å². The van der Waals surface area contributed by atoms with Crippen LogP contribution in [0.1, 0.15) is 58.5 Å². The molecule has 208 valence electrons. The molecular weight excluding hydrogens is 533 g/mol. The summed E-state index contributed by atoms with van der Waals surface area (Å²) in [7, 11) is 0. The smallest absolute Gasteiger partial charge is 0.253 e. The summed E-state index contributed by atoms with van der Waals surface area (Å²) < 4.78 is 0. The zero-order chi connectivity index (χ0) is 28.2. The lowest BCUT2D eigenvalue weighted by atomic mass is 10.00. The summed E-state index contributed by atoms with van der Waals surface area (Å²) in [6, 6.07) is 21.2. The number of carbonyl (C=O) groups excluding carboxylic acids is 2. The van der Waals surface area contributed by atoms with Gasteiger partial charge in [-0.1, -0.05) is 73.4 Å². The topological polar surface area (TPSA) is 81.7 Å². The van der Waals surface area contributed by atoms with E-state index >= 15 is 0 Å². The van der Waals surface area contributed by atoms with E-state index in [9.17, 15) is 14.7 Å². The van der Waals surface area contributed by atoms with Crippen LogP contribution in [0.15, 0.2) is 72.8 Å². The van der Waals surface area contributed by atoms with Crippen molar-refractivity contribution in [1.29, 1.82) is 0 Å². The quantitative estimate of drug-likeness (QED) is 0.231. The minimum Gasteiger partial charge on any atom is -0.390 e. The molecule has 0 aliphatic rings. The summed E-state index contributed by atoms with van der Waals surface area (Å²) in [5.74, 6) is -0.427. The number of amides is 2. The van der Waals surface area contributed by atoms with Gasteiger partial charge in [0.1, 0.15) is 0 Å². The zero-order valence-electron chi connectivity index (χ0n) is 22.5. The maximum Gasteiger partial charge on any atom is 0.253 e. The van der Waals surface area contributed by atoms with Crippen LogP contribution in [-0.2, 0) is 13.0 Å². The van der Waals surface area contributed by atoms with E-state index in [1.807, 2.05) is 61.2 Å². The van der Waals surface area contributed by atoms with E-state index < -0.39 is 12.1 Å². The Kier molecular flexibility index (Phi) is 12.3. The maximum atomic E-state index is 13.3. The van der Waals surface area contributed by atoms with Gasteiger partial charge in [-0.15, -0.1) is 0 Å². The lowest BCUT2D eigenvalue weighted by Crippen LogP contribution is -2.48. The molecule has 0 radical (unpaired) electrons. The molecule has 3 aromatic rings. The first-order valence-electron chi connectivity index (χ1n) is 13.4. The summed E-state index contributed by atoms with van der Waals surface area (Å²) >= 11 is 12.2. The van der Waals surface area contributed by atoms with Gasteiger partial charge in [0.2, 0.25) is 0 Å². The van der Waals surface area contributed by atoms with Crippen LogP contribution in [0.25, 0.3) is 0 Å². The number of rotatable bonds is 14. The molecule has 6 nitrogen and oxygen atoms in total. The number of aliphatic hydroxyl groups is 1. The first-order valence-corrected chi connectivity index (χ1v) is 14.1. The van der Waals surface area contributed by atoms with Crippen molar-refractivity contribution in [3.05, 3.63) is 105 Å². The largest absolute Gasteiger partial charge is 0.390 e. The van der Waals surface area contributed by atoms with Crippen molar-refractivity contribution in [1.82, 2.24) is 15.5 Å². The molecule has 0 heterocycles. The summed E-state index contributed by atoms with van der Waals surface area (Å²) in [6.07, 6.45) is 1.29. The second kappa shape index (κ2) is 15.6. The predicted octanol–water partition coefficient (Wildman–Crippen LogP) is 5.75. The van der Waals surface area contributed by atoms with Gasteiger partial charge in [-0.3, -0.25) is 9.59 Å². The van der Waals surface area contributed by atoms with E-state index in [0.717, 1.165) is 24.0 Å². The van der Waals surface area contributed by atoms with Gasteiger partial charge in [-0.25, -0.2) is 0 Å². The number of hydrogen-bond acceptors (Lipinski definition) is 4. The molecule has 0 saturated heterocycles. The third kappa shape index (κ3) is 9.66. The second-order valence-corrected chi connectivity index (χ2v) is 10.5. The van der Waals surface area contributed by atoms with Crippen molar-refractivity contribution in [2.75, 3.05) is 19.6 Å². The standard InChI is InChI=1S/C31H37Cl2N3O3/c1-3-13-36(14-4-2)31(39)25-12-8-11-24(18-25)30(38)35-28(17-22-9-6-5-7-10-22)29(37)21-34-20-23-15-26(32)19-27(33)16-23/h5-12,15-16,18-19,28-29,34,37H,3-4,13-14,17,20-21H2,1-2H3,(H,35,38)/t28-,29+/m0/s1. The maximum absolute atomic E-state index is 13.3. The molecule has 0 spiro atoms. The van der Waals surface area contributed by atoms with Gasteiger partial charge >= 0.3 is 0 Å². The monoisotopic (exact) mass is 569 g/mol. The number of nitrogens with one attached hydrogen (secondary N) is 2. The number of carbonyl (C=O) groups is 2. The van der Waals surface area contributed by atoms with Crippen LogP contribution >= 0.6 is 23.2 Å². The lowest BCUT2D eigenvalue weighted by molar-refractivity contribution is 0.0755. The first kappa shape index (κ1) is 30.6. The minimum atomic E-state index is -0.877. The van der Waals surface area contributed by atoms with E-state index in [2.05, 4.69) is 10.6 Å². The van der Waals surface area contributed by atoms with Crippen LogP contribution < -0.4 is 10.6 Å². The first-order chi connectivity index (χ1) is 18.8. The number of halogens is 2. The van der Waals surface area contributed by atoms with Crippen molar-refractivity contribution in [2.24, 2.45) is 0 Å². The van der Waals surface area contributed by atoms with Crippen molar-refractivity contribution in [3.8, 4) is 0 Å². The van der Waals surface area contributed by atoms with Crippen LogP contribution in [0.2, 0.25) is 10.0 Å². The molecule has 2 atom stereocenters. The Morgan fingerprint density at radius 2 is 1.49 bits per heavy atom. The van der Waals surface area contributed by atoms with E-state index in [0.29, 0.717) is 47.2 Å². The van der Waals surface area contributed by atoms with Crippen molar-refractivity contribution < 1.29 is 14.7 Å². The fraction of sp³-hybridized carbons (Fsp3) is 0.355. The number of nitrogens with zero attached hydrogens (tertiary/aromatic N) is 1. The molecule has 3 N–H and O–H groups in total. The van der Waals surface area contributed by atoms with Crippen LogP contribution in [0, 0.1) is 0 Å². The highest BCUT2D eigenvalue weighted by molar-refractivity contribution is 6.34. The molecule has 2 amide bonds. The number of benzene rings is 3. The van der Waals surface area contributed by atoms with Gasteiger partial charge in [0.15, 0.2) is 0 Å². The Balaban J connectivity index is 1.72. The molecule has 0 fully saturated rings. The molecular formula is C31H37Cl2N3O3. The molecule has 0 saturated carbocycles. The Hall–Kier alpha value is -2.90. The average molecular weight is 571 g/mol. The van der Waals surface area contributed by atoms with Crippen LogP contribution in [-0.4, -0.2) is 53.6 Å². The predicted molar refractivity (Wildman–Crippen MR) is 159 cm³/mol. The highest BCUT2D eigenvalue weighted by atomic mass is 35.5. The van der Waals surface area contributed by atoms with E-state index in [1.54, 1.807) is 30.3 Å². The van der Waals surface area contributed by atoms with Crippen molar-refractivity contribution in [3.63, 3.8) is 0 Å². The second-order valence-electron chi connectivity index (χ2n) is 9.62. The van der Waals surface area contributed by atoms with Gasteiger partial charge in [-0.2, -0.15) is 0 Å². The fourth-order valence-electron chi connectivity index (χ4n) is 4.45. The molecule has 8 heteroatoms. The Morgan fingerprint density at radius 3 is 2.13 bits per heavy atom. The van der Waals surface area contributed by atoms with E-state index in [1.165, 1.54) is 0 Å². The SMILES string of the molecule is CCCN(CCC)C(=O)c1cccc(C(=O)N[C@@H](Cc2ccccc2)[C@H](O)CNCc2cc(Cl)cc(Cl)c2)c1. The molecule has 0 unspecified atom stereocenters. The third-order valence-electron chi connectivity index (χ3n) is 6.33. The fourth-order valence-corrected chi connectivity index (χ4v) is 5.02. The van der Waals surface area contributed by atoms with Gasteiger partial charge in [-0.05, 0) is 66.8 Å². The highest BCUT2D eigenvalue weighted by Crippen LogP contribution is 2.19. The Labute approximate surface area is 241 Å². The Bertz CT molecular complexity index is 1200. The van der Waals surface area contributed by atoms with Gasteiger partial charge < -0.3 is 20.6 Å². The minimum absolute atomic E-state index is 0.0838. The molecule has 0 aliphatic heterocycles. The molecule has 39 heavy (non-hydrogen) atoms. The van der Waals surface area contributed by atoms with Gasteiger partial charge in [0, 0.05) is 47.4 Å². The average Bonchev–Trinajstić information content (AvgIpc) is 2.92. The molecule has 0 bridgehead atoms. The summed E-state index contributed by atoms with van der Waals surface area (Å²) in [5.41, 5.74) is 2.74. The molecule has 0 aliphatic carbocycles. The molecule has 0 aromatic heterocycles. The van der Waals surface area contributed by atoms with Crippen molar-refractivity contribution >= 4 is 35.0 Å². The summed E-state index contributed by atoms with van der Waals surface area (Å²) in [6.45, 7) is 6.11. The van der Waals surface area contributed by atoms with E-state index in [4.69, 9.17) is 23.2 Å². The molecule has 3 aromatic carbocycles. The number of hydrogen-bond donors (Lipinski definition) is 3. The Morgan fingerprint density at radius 1 is 0.846 bits per heavy atom. The number of aliphatic hydroxyl groups excluding tert-OH is 1. The third-order valence-corrected chi connectivity index (χ3v) is 6.77. The van der Waals surface area contributed by atoms with E-state index in [-0.39, 0.29) is 18.4 Å². The van der Waals surface area contributed by atoms with Gasteiger partial charge in [0.05, 0.1) is 12.1 Å². The van der Waals surface area contributed by atoms with Crippen LogP contribution in [0.3, 0.4) is 0 Å². The molecule has 3 rings (SSSR count). The van der Waals surface area contributed by atoms with Crippen LogP contribution in [0.5, 0.6) is 0 Å². The normalized spacial score (nSPS) is 12.5. The highest BCUT2D eigenvalue weighted by Gasteiger charge is 2.23. The lowest BCUT2D eigenvalue weighted by Gasteiger charge is -2.25. The van der Waals surface area contributed by atoms with Crippen LogP contribution in [0.4, 0.5) is 0 Å². The zero-order valence-corrected chi connectivity index (χ0v) is 24.0. The summed E-state index contributed by atoms with van der Waals surface area (Å²) in [4.78, 5) is 28.2.